The molecule has 3 rings (SSSR count). The summed E-state index contributed by atoms with van der Waals surface area (Å²) in [6.07, 6.45) is 0.212. The highest BCUT2D eigenvalue weighted by molar-refractivity contribution is 5.98. The van der Waals surface area contributed by atoms with E-state index in [9.17, 15) is 14.4 Å². The molecule has 1 heterocycles. The van der Waals surface area contributed by atoms with E-state index in [1.165, 1.54) is 6.92 Å². The summed E-state index contributed by atoms with van der Waals surface area (Å²) in [6.45, 7) is 2.35. The van der Waals surface area contributed by atoms with Crippen molar-refractivity contribution in [1.82, 2.24) is 4.90 Å². The Hall–Kier alpha value is -3.15. The minimum absolute atomic E-state index is 0.0130. The van der Waals surface area contributed by atoms with Gasteiger partial charge in [-0.3, -0.25) is 14.4 Å². The molecule has 1 aliphatic heterocycles. The van der Waals surface area contributed by atoms with Gasteiger partial charge in [0.15, 0.2) is 0 Å². The molecule has 6 nitrogen and oxygen atoms in total. The van der Waals surface area contributed by atoms with Crippen LogP contribution in [0.3, 0.4) is 0 Å². The molecule has 0 aliphatic carbocycles. The Morgan fingerprint density at radius 1 is 1.04 bits per heavy atom. The standard InChI is InChI=1S/C20H21N3O3/c1-14(24)21-17-8-5-9-18(11-17)22-20(26)16-10-19(25)23(13-16)12-15-6-3-2-4-7-15/h2-9,11,16H,10,12-13H2,1H3,(H,21,24)(H,22,26). The lowest BCUT2D eigenvalue weighted by Gasteiger charge is -2.16. The van der Waals surface area contributed by atoms with Crippen LogP contribution < -0.4 is 10.6 Å². The second kappa shape index (κ2) is 7.82. The fraction of sp³-hybridized carbons (Fsp3) is 0.250. The number of rotatable bonds is 5. The SMILES string of the molecule is CC(=O)Nc1cccc(NC(=O)C2CC(=O)N(Cc3ccccc3)C2)c1. The summed E-state index contributed by atoms with van der Waals surface area (Å²) in [7, 11) is 0. The van der Waals surface area contributed by atoms with Crippen molar-refractivity contribution in [2.24, 2.45) is 5.92 Å². The number of carbonyl (C=O) groups is 3. The van der Waals surface area contributed by atoms with Crippen molar-refractivity contribution in [3.8, 4) is 0 Å². The Morgan fingerprint density at radius 2 is 1.73 bits per heavy atom. The first kappa shape index (κ1) is 17.7. The van der Waals surface area contributed by atoms with Crippen molar-refractivity contribution in [3.05, 3.63) is 60.2 Å². The zero-order chi connectivity index (χ0) is 18.5. The molecule has 0 spiro atoms. The topological polar surface area (TPSA) is 78.5 Å². The van der Waals surface area contributed by atoms with E-state index in [4.69, 9.17) is 0 Å². The number of nitrogens with zero attached hydrogens (tertiary/aromatic N) is 1. The monoisotopic (exact) mass is 351 g/mol. The molecule has 0 aromatic heterocycles. The average molecular weight is 351 g/mol. The number of carbonyl (C=O) groups excluding carboxylic acids is 3. The third-order valence-corrected chi connectivity index (χ3v) is 4.25. The molecule has 2 aromatic carbocycles. The van der Waals surface area contributed by atoms with Gasteiger partial charge < -0.3 is 15.5 Å². The van der Waals surface area contributed by atoms with Crippen LogP contribution in [0.15, 0.2) is 54.6 Å². The van der Waals surface area contributed by atoms with Crippen molar-refractivity contribution >= 4 is 29.1 Å². The first-order chi connectivity index (χ1) is 12.5. The maximum absolute atomic E-state index is 12.5. The van der Waals surface area contributed by atoms with Crippen LogP contribution in [-0.4, -0.2) is 29.2 Å². The molecule has 1 aliphatic rings. The summed E-state index contributed by atoms with van der Waals surface area (Å²) in [5.41, 5.74) is 2.25. The number of likely N-dealkylation sites (tertiary alicyclic amines) is 1. The van der Waals surface area contributed by atoms with Crippen LogP contribution in [-0.2, 0) is 20.9 Å². The summed E-state index contributed by atoms with van der Waals surface area (Å²) >= 11 is 0. The Kier molecular flexibility index (Phi) is 5.31. The number of amides is 3. The van der Waals surface area contributed by atoms with Gasteiger partial charge in [0.25, 0.3) is 0 Å². The Labute approximate surface area is 152 Å². The molecule has 1 fully saturated rings. The predicted octanol–water partition coefficient (Wildman–Crippen LogP) is 2.63. The van der Waals surface area contributed by atoms with Crippen LogP contribution in [0.4, 0.5) is 11.4 Å². The summed E-state index contributed by atoms with van der Waals surface area (Å²) in [5, 5.41) is 5.51. The molecule has 1 unspecified atom stereocenters. The second-order valence-electron chi connectivity index (χ2n) is 6.41. The zero-order valence-electron chi connectivity index (χ0n) is 14.6. The molecular weight excluding hydrogens is 330 g/mol. The van der Waals surface area contributed by atoms with Gasteiger partial charge >= 0.3 is 0 Å². The number of hydrogen-bond acceptors (Lipinski definition) is 3. The van der Waals surface area contributed by atoms with Crippen molar-refractivity contribution in [3.63, 3.8) is 0 Å². The first-order valence-corrected chi connectivity index (χ1v) is 8.51. The maximum atomic E-state index is 12.5. The normalized spacial score (nSPS) is 16.4. The molecule has 0 saturated carbocycles. The van der Waals surface area contributed by atoms with Gasteiger partial charge in [0.1, 0.15) is 0 Å². The lowest BCUT2D eigenvalue weighted by molar-refractivity contribution is -0.128. The molecule has 0 bridgehead atoms. The van der Waals surface area contributed by atoms with Crippen LogP contribution in [0.1, 0.15) is 18.9 Å². The Morgan fingerprint density at radius 3 is 2.42 bits per heavy atom. The summed E-state index contributed by atoms with van der Waals surface area (Å²) in [5.74, 6) is -0.753. The Bertz CT molecular complexity index is 820. The third-order valence-electron chi connectivity index (χ3n) is 4.25. The highest BCUT2D eigenvalue weighted by Crippen LogP contribution is 2.23. The predicted molar refractivity (Wildman–Crippen MR) is 99.3 cm³/mol. The van der Waals surface area contributed by atoms with Gasteiger partial charge in [-0.2, -0.15) is 0 Å². The summed E-state index contributed by atoms with van der Waals surface area (Å²) in [4.78, 5) is 37.6. The molecule has 26 heavy (non-hydrogen) atoms. The maximum Gasteiger partial charge on any atom is 0.229 e. The zero-order valence-corrected chi connectivity index (χ0v) is 14.6. The van der Waals surface area contributed by atoms with Crippen molar-refractivity contribution in [1.29, 1.82) is 0 Å². The summed E-state index contributed by atoms with van der Waals surface area (Å²) in [6, 6.07) is 16.7. The second-order valence-corrected chi connectivity index (χ2v) is 6.41. The van der Waals surface area contributed by atoms with E-state index >= 15 is 0 Å². The van der Waals surface area contributed by atoms with Gasteiger partial charge in [0.2, 0.25) is 17.7 Å². The van der Waals surface area contributed by atoms with Crippen molar-refractivity contribution in [2.75, 3.05) is 17.2 Å². The largest absolute Gasteiger partial charge is 0.338 e. The fourth-order valence-corrected chi connectivity index (χ4v) is 3.03. The molecule has 6 heteroatoms. The highest BCUT2D eigenvalue weighted by atomic mass is 16.2. The quantitative estimate of drug-likeness (QED) is 0.869. The minimum Gasteiger partial charge on any atom is -0.338 e. The number of benzene rings is 2. The van der Waals surface area contributed by atoms with Gasteiger partial charge in [-0.1, -0.05) is 36.4 Å². The van der Waals surface area contributed by atoms with E-state index in [1.54, 1.807) is 29.2 Å². The van der Waals surface area contributed by atoms with Gasteiger partial charge in [0, 0.05) is 37.8 Å². The molecule has 1 atom stereocenters. The van der Waals surface area contributed by atoms with Crippen LogP contribution in [0, 0.1) is 5.92 Å². The van der Waals surface area contributed by atoms with E-state index in [1.807, 2.05) is 30.3 Å². The van der Waals surface area contributed by atoms with Crippen LogP contribution in [0.5, 0.6) is 0 Å². The van der Waals surface area contributed by atoms with E-state index in [2.05, 4.69) is 10.6 Å². The van der Waals surface area contributed by atoms with Crippen LogP contribution in [0.2, 0.25) is 0 Å². The van der Waals surface area contributed by atoms with Gasteiger partial charge in [-0.15, -0.1) is 0 Å². The smallest absolute Gasteiger partial charge is 0.229 e. The first-order valence-electron chi connectivity index (χ1n) is 8.51. The lowest BCUT2D eigenvalue weighted by atomic mass is 10.1. The van der Waals surface area contributed by atoms with Crippen LogP contribution in [0.25, 0.3) is 0 Å². The molecule has 0 radical (unpaired) electrons. The Balaban J connectivity index is 1.60. The fourth-order valence-electron chi connectivity index (χ4n) is 3.03. The molecule has 1 saturated heterocycles. The van der Waals surface area contributed by atoms with Gasteiger partial charge in [-0.25, -0.2) is 0 Å². The average Bonchev–Trinajstić information content (AvgIpc) is 2.96. The summed E-state index contributed by atoms with van der Waals surface area (Å²) < 4.78 is 0. The van der Waals surface area contributed by atoms with E-state index in [0.717, 1.165) is 5.56 Å². The van der Waals surface area contributed by atoms with E-state index in [0.29, 0.717) is 24.5 Å². The van der Waals surface area contributed by atoms with E-state index < -0.39 is 0 Å². The van der Waals surface area contributed by atoms with Crippen molar-refractivity contribution < 1.29 is 14.4 Å². The molecular formula is C20H21N3O3. The van der Waals surface area contributed by atoms with Gasteiger partial charge in [0.05, 0.1) is 5.92 Å². The number of hydrogen-bond donors (Lipinski definition) is 2. The minimum atomic E-state index is -0.379. The molecule has 3 amide bonds. The molecule has 2 aromatic rings. The lowest BCUT2D eigenvalue weighted by Crippen LogP contribution is -2.28. The highest BCUT2D eigenvalue weighted by Gasteiger charge is 2.34. The van der Waals surface area contributed by atoms with Crippen LogP contribution >= 0.6 is 0 Å². The molecule has 134 valence electrons. The van der Waals surface area contributed by atoms with Gasteiger partial charge in [-0.05, 0) is 23.8 Å². The molecule has 2 N–H and O–H groups in total. The number of nitrogens with one attached hydrogen (secondary N) is 2. The third kappa shape index (κ3) is 4.47. The number of anilines is 2. The van der Waals surface area contributed by atoms with Crippen molar-refractivity contribution in [2.45, 2.75) is 19.9 Å². The van der Waals surface area contributed by atoms with E-state index in [-0.39, 0.29) is 30.1 Å².